The molecular formula is C16H25N3OS. The van der Waals surface area contributed by atoms with E-state index in [4.69, 9.17) is 0 Å². The van der Waals surface area contributed by atoms with Gasteiger partial charge in [0, 0.05) is 12.5 Å². The van der Waals surface area contributed by atoms with Gasteiger partial charge in [0.1, 0.15) is 0 Å². The molecule has 1 saturated heterocycles. The van der Waals surface area contributed by atoms with E-state index in [1.807, 2.05) is 0 Å². The van der Waals surface area contributed by atoms with Gasteiger partial charge >= 0.3 is 0 Å². The highest BCUT2D eigenvalue weighted by molar-refractivity contribution is 7.07. The van der Waals surface area contributed by atoms with Crippen LogP contribution >= 0.6 is 11.3 Å². The van der Waals surface area contributed by atoms with Crippen molar-refractivity contribution < 1.29 is 4.79 Å². The van der Waals surface area contributed by atoms with Crippen molar-refractivity contribution in [2.45, 2.75) is 25.3 Å². The first-order chi connectivity index (χ1) is 10.1. The zero-order valence-electron chi connectivity index (χ0n) is 12.9. The van der Waals surface area contributed by atoms with Crippen LogP contribution in [0.2, 0.25) is 0 Å². The highest BCUT2D eigenvalue weighted by Crippen LogP contribution is 2.58. The monoisotopic (exact) mass is 307 g/mol. The number of likely N-dealkylation sites (N-methyl/N-ethyl adjacent to an activating group) is 1. The molecule has 5 heteroatoms. The second-order valence-electron chi connectivity index (χ2n) is 6.65. The van der Waals surface area contributed by atoms with Crippen LogP contribution in [0, 0.1) is 11.3 Å². The molecule has 4 nitrogen and oxygen atoms in total. The van der Waals surface area contributed by atoms with E-state index >= 15 is 0 Å². The molecule has 1 spiro atoms. The zero-order chi connectivity index (χ0) is 14.9. The van der Waals surface area contributed by atoms with E-state index in [2.05, 4.69) is 46.5 Å². The fraction of sp³-hybridized carbons (Fsp3) is 0.688. The fourth-order valence-corrected chi connectivity index (χ4v) is 4.29. The summed E-state index contributed by atoms with van der Waals surface area (Å²) in [6, 6.07) is 2.41. The first kappa shape index (κ1) is 15.0. The summed E-state index contributed by atoms with van der Waals surface area (Å²) >= 11 is 1.71. The minimum absolute atomic E-state index is 0.255. The number of nitrogens with zero attached hydrogens (tertiary/aromatic N) is 1. The minimum Gasteiger partial charge on any atom is -0.354 e. The highest BCUT2D eigenvalue weighted by atomic mass is 32.1. The fourth-order valence-electron chi connectivity index (χ4n) is 3.58. The van der Waals surface area contributed by atoms with E-state index in [0.717, 1.165) is 32.4 Å². The molecule has 2 aliphatic rings. The SMILES string of the molecule is CN(C)C(CNC(=O)C1CC12CCNCC2)c1ccsc1. The van der Waals surface area contributed by atoms with Gasteiger partial charge in [0.25, 0.3) is 0 Å². The molecule has 1 aliphatic carbocycles. The molecule has 116 valence electrons. The maximum atomic E-state index is 12.4. The van der Waals surface area contributed by atoms with Gasteiger partial charge < -0.3 is 15.5 Å². The Kier molecular flexibility index (Phi) is 4.33. The Hall–Kier alpha value is -0.910. The van der Waals surface area contributed by atoms with Crippen molar-refractivity contribution in [2.75, 3.05) is 33.7 Å². The van der Waals surface area contributed by atoms with Crippen LogP contribution in [0.4, 0.5) is 0 Å². The normalized spacial score (nSPS) is 25.0. The van der Waals surface area contributed by atoms with Crippen molar-refractivity contribution >= 4 is 17.2 Å². The van der Waals surface area contributed by atoms with Crippen molar-refractivity contribution in [1.82, 2.24) is 15.5 Å². The average Bonchev–Trinajstić information content (AvgIpc) is 2.91. The molecule has 2 heterocycles. The van der Waals surface area contributed by atoms with Crippen molar-refractivity contribution in [2.24, 2.45) is 11.3 Å². The zero-order valence-corrected chi connectivity index (χ0v) is 13.7. The first-order valence-corrected chi connectivity index (χ1v) is 8.74. The summed E-state index contributed by atoms with van der Waals surface area (Å²) in [6.45, 7) is 2.84. The number of piperidine rings is 1. The van der Waals surface area contributed by atoms with E-state index in [1.165, 1.54) is 5.56 Å². The second kappa shape index (κ2) is 6.07. The lowest BCUT2D eigenvalue weighted by molar-refractivity contribution is -0.123. The van der Waals surface area contributed by atoms with Crippen molar-refractivity contribution in [3.63, 3.8) is 0 Å². The molecule has 2 N–H and O–H groups in total. The molecule has 2 fully saturated rings. The molecule has 1 saturated carbocycles. The van der Waals surface area contributed by atoms with E-state index < -0.39 is 0 Å². The molecule has 2 atom stereocenters. The quantitative estimate of drug-likeness (QED) is 0.873. The smallest absolute Gasteiger partial charge is 0.223 e. The van der Waals surface area contributed by atoms with E-state index in [1.54, 1.807) is 11.3 Å². The number of hydrogen-bond acceptors (Lipinski definition) is 4. The topological polar surface area (TPSA) is 44.4 Å². The molecule has 0 bridgehead atoms. The van der Waals surface area contributed by atoms with Crippen LogP contribution in [-0.2, 0) is 4.79 Å². The van der Waals surface area contributed by atoms with E-state index in [9.17, 15) is 4.79 Å². The van der Waals surface area contributed by atoms with Gasteiger partial charge in [0.15, 0.2) is 0 Å². The second-order valence-corrected chi connectivity index (χ2v) is 7.43. The Morgan fingerprint density at radius 2 is 2.29 bits per heavy atom. The largest absolute Gasteiger partial charge is 0.354 e. The average molecular weight is 307 g/mol. The summed E-state index contributed by atoms with van der Waals surface area (Å²) in [5.41, 5.74) is 1.61. The third-order valence-corrected chi connectivity index (χ3v) is 5.83. The van der Waals surface area contributed by atoms with Crippen molar-refractivity contribution in [3.8, 4) is 0 Å². The van der Waals surface area contributed by atoms with Gasteiger partial charge in [0.05, 0.1) is 6.04 Å². The summed E-state index contributed by atoms with van der Waals surface area (Å²) in [5, 5.41) is 10.8. The summed E-state index contributed by atoms with van der Waals surface area (Å²) in [7, 11) is 4.14. The Morgan fingerprint density at radius 3 is 2.90 bits per heavy atom. The minimum atomic E-state index is 0.255. The van der Waals surface area contributed by atoms with Gasteiger partial charge in [-0.15, -0.1) is 0 Å². The number of carbonyl (C=O) groups excluding carboxylic acids is 1. The number of amides is 1. The van der Waals surface area contributed by atoms with Crippen LogP contribution in [0.1, 0.15) is 30.9 Å². The predicted molar refractivity (Wildman–Crippen MR) is 86.4 cm³/mol. The van der Waals surface area contributed by atoms with Gasteiger partial charge in [-0.25, -0.2) is 0 Å². The highest BCUT2D eigenvalue weighted by Gasteiger charge is 2.57. The van der Waals surface area contributed by atoms with Gasteiger partial charge in [0.2, 0.25) is 5.91 Å². The molecule has 1 amide bonds. The molecule has 3 rings (SSSR count). The standard InChI is InChI=1S/C16H25N3OS/c1-19(2)14(12-3-8-21-11-12)10-18-15(20)13-9-16(13)4-6-17-7-5-16/h3,8,11,13-14,17H,4-7,9-10H2,1-2H3,(H,18,20). The lowest BCUT2D eigenvalue weighted by Crippen LogP contribution is -2.37. The lowest BCUT2D eigenvalue weighted by Gasteiger charge is -2.25. The molecule has 1 aromatic rings. The third kappa shape index (κ3) is 3.15. The number of nitrogens with one attached hydrogen (secondary N) is 2. The molecule has 2 unspecified atom stereocenters. The summed E-state index contributed by atoms with van der Waals surface area (Å²) in [6.07, 6.45) is 3.41. The predicted octanol–water partition coefficient (Wildman–Crippen LogP) is 1.86. The van der Waals surface area contributed by atoms with Crippen LogP contribution in [0.3, 0.4) is 0 Å². The van der Waals surface area contributed by atoms with Crippen LogP contribution in [0.5, 0.6) is 0 Å². The molecule has 21 heavy (non-hydrogen) atoms. The third-order valence-electron chi connectivity index (χ3n) is 5.13. The van der Waals surface area contributed by atoms with Gasteiger partial charge in [-0.2, -0.15) is 11.3 Å². The Bertz CT molecular complexity index is 480. The lowest BCUT2D eigenvalue weighted by atomic mass is 9.92. The van der Waals surface area contributed by atoms with Crippen LogP contribution in [-0.4, -0.2) is 44.5 Å². The molecule has 1 aromatic heterocycles. The molecule has 1 aliphatic heterocycles. The maximum absolute atomic E-state index is 12.4. The number of rotatable bonds is 5. The van der Waals surface area contributed by atoms with Gasteiger partial charge in [-0.1, -0.05) is 0 Å². The number of carbonyl (C=O) groups is 1. The van der Waals surface area contributed by atoms with Gasteiger partial charge in [-0.05, 0) is 74.3 Å². The van der Waals surface area contributed by atoms with Gasteiger partial charge in [-0.3, -0.25) is 4.79 Å². The molecular weight excluding hydrogens is 282 g/mol. The number of thiophene rings is 1. The first-order valence-electron chi connectivity index (χ1n) is 7.79. The Morgan fingerprint density at radius 1 is 1.52 bits per heavy atom. The van der Waals surface area contributed by atoms with Crippen LogP contribution in [0.25, 0.3) is 0 Å². The van der Waals surface area contributed by atoms with Crippen molar-refractivity contribution in [1.29, 1.82) is 0 Å². The molecule has 0 radical (unpaired) electrons. The van der Waals surface area contributed by atoms with E-state index in [0.29, 0.717) is 12.0 Å². The van der Waals surface area contributed by atoms with Crippen molar-refractivity contribution in [3.05, 3.63) is 22.4 Å². The Balaban J connectivity index is 1.54. The Labute approximate surface area is 130 Å². The maximum Gasteiger partial charge on any atom is 0.223 e. The van der Waals surface area contributed by atoms with Crippen LogP contribution < -0.4 is 10.6 Å². The number of hydrogen-bond donors (Lipinski definition) is 2. The summed E-state index contributed by atoms with van der Waals surface area (Å²) < 4.78 is 0. The summed E-state index contributed by atoms with van der Waals surface area (Å²) in [5.74, 6) is 0.517. The van der Waals surface area contributed by atoms with E-state index in [-0.39, 0.29) is 17.9 Å². The molecule has 0 aromatic carbocycles. The van der Waals surface area contributed by atoms with Crippen LogP contribution in [0.15, 0.2) is 16.8 Å². The summed E-state index contributed by atoms with van der Waals surface area (Å²) in [4.78, 5) is 14.6.